The minimum atomic E-state index is -0.106. The Kier molecular flexibility index (Phi) is 5.91. The molecular weight excluding hydrogens is 304 g/mol. The van der Waals surface area contributed by atoms with Crippen LogP contribution in [0.2, 0.25) is 0 Å². The van der Waals surface area contributed by atoms with E-state index in [9.17, 15) is 4.79 Å². The zero-order valence-electron chi connectivity index (χ0n) is 12.8. The molecule has 22 heavy (non-hydrogen) atoms. The third-order valence-corrected chi connectivity index (χ3v) is 4.05. The Labute approximate surface area is 137 Å². The van der Waals surface area contributed by atoms with E-state index in [1.165, 1.54) is 0 Å². The first-order valence-electron chi connectivity index (χ1n) is 7.58. The van der Waals surface area contributed by atoms with Crippen molar-refractivity contribution in [1.82, 2.24) is 10.2 Å². The molecule has 2 atom stereocenters. The van der Waals surface area contributed by atoms with Crippen molar-refractivity contribution in [2.24, 2.45) is 0 Å². The highest BCUT2D eigenvalue weighted by molar-refractivity contribution is 5.85. The van der Waals surface area contributed by atoms with Crippen LogP contribution in [0.5, 0.6) is 11.5 Å². The minimum Gasteiger partial charge on any atom is -0.486 e. The van der Waals surface area contributed by atoms with Gasteiger partial charge in [0.2, 0.25) is 5.91 Å². The van der Waals surface area contributed by atoms with Crippen LogP contribution in [-0.2, 0) is 4.79 Å². The van der Waals surface area contributed by atoms with Gasteiger partial charge in [-0.15, -0.1) is 12.4 Å². The molecule has 3 rings (SSSR count). The van der Waals surface area contributed by atoms with Crippen molar-refractivity contribution in [3.63, 3.8) is 0 Å². The molecule has 1 saturated heterocycles. The van der Waals surface area contributed by atoms with Crippen LogP contribution in [0.25, 0.3) is 0 Å². The molecule has 1 aromatic carbocycles. The summed E-state index contributed by atoms with van der Waals surface area (Å²) in [4.78, 5) is 14.0. The van der Waals surface area contributed by atoms with Crippen molar-refractivity contribution < 1.29 is 14.3 Å². The molecule has 2 aliphatic heterocycles. The van der Waals surface area contributed by atoms with E-state index in [2.05, 4.69) is 5.32 Å². The van der Waals surface area contributed by atoms with Crippen LogP contribution in [0.4, 0.5) is 0 Å². The second kappa shape index (κ2) is 7.70. The quantitative estimate of drug-likeness (QED) is 0.917. The van der Waals surface area contributed by atoms with Gasteiger partial charge in [0.15, 0.2) is 17.6 Å². The molecule has 2 unspecified atom stereocenters. The van der Waals surface area contributed by atoms with E-state index in [4.69, 9.17) is 9.47 Å². The van der Waals surface area contributed by atoms with Crippen molar-refractivity contribution in [3.8, 4) is 11.5 Å². The predicted octanol–water partition coefficient (Wildman–Crippen LogP) is 1.85. The molecule has 122 valence electrons. The average Bonchev–Trinajstić information content (AvgIpc) is 3.00. The van der Waals surface area contributed by atoms with Crippen LogP contribution in [0, 0.1) is 0 Å². The van der Waals surface area contributed by atoms with Crippen LogP contribution in [0.1, 0.15) is 19.3 Å². The third kappa shape index (κ3) is 4.05. The number of hydrogen-bond acceptors (Lipinski definition) is 4. The fourth-order valence-electron chi connectivity index (χ4n) is 2.86. The van der Waals surface area contributed by atoms with Crippen molar-refractivity contribution >= 4 is 18.3 Å². The number of benzene rings is 1. The average molecular weight is 327 g/mol. The van der Waals surface area contributed by atoms with Gasteiger partial charge >= 0.3 is 0 Å². The van der Waals surface area contributed by atoms with E-state index < -0.39 is 0 Å². The highest BCUT2D eigenvalue weighted by atomic mass is 35.5. The lowest BCUT2D eigenvalue weighted by Gasteiger charge is -2.30. The number of likely N-dealkylation sites (N-methyl/N-ethyl adjacent to an activating group) is 1. The Balaban J connectivity index is 0.00000176. The second-order valence-electron chi connectivity index (χ2n) is 5.77. The van der Waals surface area contributed by atoms with Crippen molar-refractivity contribution in [2.75, 3.05) is 26.7 Å². The zero-order chi connectivity index (χ0) is 14.7. The van der Waals surface area contributed by atoms with Gasteiger partial charge in [-0.1, -0.05) is 12.1 Å². The predicted molar refractivity (Wildman–Crippen MR) is 86.9 cm³/mol. The van der Waals surface area contributed by atoms with Crippen LogP contribution in [0.3, 0.4) is 0 Å². The largest absolute Gasteiger partial charge is 0.486 e. The normalized spacial score (nSPS) is 22.8. The minimum absolute atomic E-state index is 0. The maximum absolute atomic E-state index is 12.2. The van der Waals surface area contributed by atoms with E-state index in [1.54, 1.807) is 4.90 Å². The fourth-order valence-corrected chi connectivity index (χ4v) is 2.86. The smallest absolute Gasteiger partial charge is 0.224 e. The molecular formula is C16H23ClN2O3. The topological polar surface area (TPSA) is 50.8 Å². The number of nitrogens with zero attached hydrogens (tertiary/aromatic N) is 1. The molecule has 5 nitrogen and oxygen atoms in total. The summed E-state index contributed by atoms with van der Waals surface area (Å²) in [5, 5.41) is 3.36. The number of amides is 1. The molecule has 0 aromatic heterocycles. The first kappa shape index (κ1) is 16.9. The Bertz CT molecular complexity index is 506. The number of para-hydroxylation sites is 2. The van der Waals surface area contributed by atoms with E-state index in [1.807, 2.05) is 31.3 Å². The van der Waals surface area contributed by atoms with Gasteiger partial charge in [-0.3, -0.25) is 4.79 Å². The maximum atomic E-state index is 12.2. The van der Waals surface area contributed by atoms with Gasteiger partial charge in [-0.2, -0.15) is 0 Å². The van der Waals surface area contributed by atoms with Gasteiger partial charge < -0.3 is 19.7 Å². The summed E-state index contributed by atoms with van der Waals surface area (Å²) in [7, 11) is 1.83. The van der Waals surface area contributed by atoms with Crippen molar-refractivity contribution in [1.29, 1.82) is 0 Å². The lowest BCUT2D eigenvalue weighted by atomic mass is 10.1. The number of rotatable bonds is 4. The summed E-state index contributed by atoms with van der Waals surface area (Å²) in [5.74, 6) is 1.70. The SMILES string of the molecule is CN(CC1COc2ccccc2O1)C(=O)CC1CCCN1.Cl. The lowest BCUT2D eigenvalue weighted by Crippen LogP contribution is -2.43. The van der Waals surface area contributed by atoms with Crippen LogP contribution < -0.4 is 14.8 Å². The second-order valence-corrected chi connectivity index (χ2v) is 5.77. The molecule has 1 N–H and O–H groups in total. The number of carbonyl (C=O) groups excluding carboxylic acids is 1. The summed E-state index contributed by atoms with van der Waals surface area (Å²) < 4.78 is 11.6. The molecule has 6 heteroatoms. The molecule has 2 aliphatic rings. The Morgan fingerprint density at radius 3 is 2.86 bits per heavy atom. The summed E-state index contributed by atoms with van der Waals surface area (Å²) in [6.45, 7) is 2.06. The van der Waals surface area contributed by atoms with Gasteiger partial charge in [0, 0.05) is 19.5 Å². The monoisotopic (exact) mass is 326 g/mol. The summed E-state index contributed by atoms with van der Waals surface area (Å²) in [5.41, 5.74) is 0. The number of fused-ring (bicyclic) bond motifs is 1. The van der Waals surface area contributed by atoms with E-state index >= 15 is 0 Å². The van der Waals surface area contributed by atoms with Gasteiger partial charge in [0.25, 0.3) is 0 Å². The molecule has 2 heterocycles. The standard InChI is InChI=1S/C16H22N2O3.ClH/c1-18(16(19)9-12-5-4-8-17-12)10-13-11-20-14-6-2-3-7-15(14)21-13;/h2-3,6-7,12-13,17H,4-5,8-11H2,1H3;1H. The fraction of sp³-hybridized carbons (Fsp3) is 0.562. The maximum Gasteiger partial charge on any atom is 0.224 e. The first-order valence-corrected chi connectivity index (χ1v) is 7.58. The Morgan fingerprint density at radius 1 is 1.36 bits per heavy atom. The number of hydrogen-bond donors (Lipinski definition) is 1. The number of carbonyl (C=O) groups is 1. The van der Waals surface area contributed by atoms with Gasteiger partial charge in [-0.25, -0.2) is 0 Å². The molecule has 0 saturated carbocycles. The molecule has 1 aromatic rings. The van der Waals surface area contributed by atoms with Crippen LogP contribution >= 0.6 is 12.4 Å². The molecule has 1 amide bonds. The van der Waals surface area contributed by atoms with Crippen LogP contribution in [0.15, 0.2) is 24.3 Å². The van der Waals surface area contributed by atoms with E-state index in [-0.39, 0.29) is 24.4 Å². The number of nitrogens with one attached hydrogen (secondary N) is 1. The number of halogens is 1. The molecule has 0 spiro atoms. The van der Waals surface area contributed by atoms with Crippen LogP contribution in [-0.4, -0.2) is 49.7 Å². The summed E-state index contributed by atoms with van der Waals surface area (Å²) in [6.07, 6.45) is 2.72. The van der Waals surface area contributed by atoms with Gasteiger partial charge in [-0.05, 0) is 31.5 Å². The van der Waals surface area contributed by atoms with Gasteiger partial charge in [0.05, 0.1) is 6.54 Å². The molecule has 0 bridgehead atoms. The number of ether oxygens (including phenoxy) is 2. The first-order chi connectivity index (χ1) is 10.2. The van der Waals surface area contributed by atoms with E-state index in [0.717, 1.165) is 30.9 Å². The Hall–Kier alpha value is -1.46. The lowest BCUT2D eigenvalue weighted by molar-refractivity contribution is -0.131. The van der Waals surface area contributed by atoms with Crippen molar-refractivity contribution in [3.05, 3.63) is 24.3 Å². The van der Waals surface area contributed by atoms with Crippen molar-refractivity contribution in [2.45, 2.75) is 31.4 Å². The summed E-state index contributed by atoms with van der Waals surface area (Å²) >= 11 is 0. The third-order valence-electron chi connectivity index (χ3n) is 4.05. The molecule has 0 aliphatic carbocycles. The Morgan fingerprint density at radius 2 is 2.14 bits per heavy atom. The molecule has 1 fully saturated rings. The molecule has 0 radical (unpaired) electrons. The highest BCUT2D eigenvalue weighted by Gasteiger charge is 2.25. The zero-order valence-corrected chi connectivity index (χ0v) is 13.6. The summed E-state index contributed by atoms with van der Waals surface area (Å²) in [6, 6.07) is 7.97. The highest BCUT2D eigenvalue weighted by Crippen LogP contribution is 2.30. The van der Waals surface area contributed by atoms with E-state index in [0.29, 0.717) is 25.6 Å². The van der Waals surface area contributed by atoms with Gasteiger partial charge in [0.1, 0.15) is 6.61 Å².